The molecule has 1 N–H and O–H groups in total. The lowest BCUT2D eigenvalue weighted by molar-refractivity contribution is -0.157. The number of hydrogen-bond donors (Lipinski definition) is 1. The van der Waals surface area contributed by atoms with Crippen LogP contribution in [0.15, 0.2) is 41.3 Å². The standard InChI is InChI=1S/C18H27NO4S/c1-7-8-14(3)16(17(20)23-18(4,5)6)19-24(21,22)15-11-9-13(2)10-12-15/h7-12,14,16,19H,1-6H3/b8-7+/t14-,16-/m0/s1. The summed E-state index contributed by atoms with van der Waals surface area (Å²) in [5, 5.41) is 0. The minimum absolute atomic E-state index is 0.120. The molecule has 0 aliphatic heterocycles. The van der Waals surface area contributed by atoms with Crippen LogP contribution >= 0.6 is 0 Å². The van der Waals surface area contributed by atoms with E-state index >= 15 is 0 Å². The van der Waals surface area contributed by atoms with Crippen LogP contribution in [0.3, 0.4) is 0 Å². The molecule has 1 rings (SSSR count). The molecule has 0 aromatic heterocycles. The van der Waals surface area contributed by atoms with Crippen molar-refractivity contribution in [2.75, 3.05) is 0 Å². The molecule has 0 aliphatic carbocycles. The van der Waals surface area contributed by atoms with Crippen LogP contribution in [-0.4, -0.2) is 26.0 Å². The molecule has 0 aliphatic rings. The summed E-state index contributed by atoms with van der Waals surface area (Å²) in [4.78, 5) is 12.6. The Balaban J connectivity index is 3.11. The first-order valence-electron chi connectivity index (χ1n) is 7.91. The molecule has 0 spiro atoms. The average Bonchev–Trinajstić information content (AvgIpc) is 2.43. The number of benzene rings is 1. The van der Waals surface area contributed by atoms with Crippen LogP contribution in [0.5, 0.6) is 0 Å². The van der Waals surface area contributed by atoms with Gasteiger partial charge in [-0.25, -0.2) is 8.42 Å². The van der Waals surface area contributed by atoms with Gasteiger partial charge in [0.15, 0.2) is 0 Å². The SMILES string of the molecule is C/C=C/[C@H](C)[C@H](NS(=O)(=O)c1ccc(C)cc1)C(=O)OC(C)(C)C. The van der Waals surface area contributed by atoms with Gasteiger partial charge >= 0.3 is 5.97 Å². The normalized spacial score (nSPS) is 15.2. The Bertz CT molecular complexity index is 685. The van der Waals surface area contributed by atoms with Crippen molar-refractivity contribution in [3.63, 3.8) is 0 Å². The Labute approximate surface area is 145 Å². The summed E-state index contributed by atoms with van der Waals surface area (Å²) in [5.74, 6) is -0.936. The van der Waals surface area contributed by atoms with E-state index in [1.807, 2.05) is 13.8 Å². The summed E-state index contributed by atoms with van der Waals surface area (Å²) < 4.78 is 33.0. The van der Waals surface area contributed by atoms with E-state index in [9.17, 15) is 13.2 Å². The Hall–Kier alpha value is -1.66. The van der Waals surface area contributed by atoms with E-state index in [4.69, 9.17) is 4.74 Å². The van der Waals surface area contributed by atoms with Crippen LogP contribution in [0.2, 0.25) is 0 Å². The van der Waals surface area contributed by atoms with E-state index in [0.717, 1.165) is 5.56 Å². The lowest BCUT2D eigenvalue weighted by atomic mass is 10.0. The Morgan fingerprint density at radius 1 is 1.21 bits per heavy atom. The van der Waals surface area contributed by atoms with Crippen LogP contribution in [0.4, 0.5) is 0 Å². The molecule has 0 fully saturated rings. The largest absolute Gasteiger partial charge is 0.459 e. The van der Waals surface area contributed by atoms with Crippen LogP contribution in [0.25, 0.3) is 0 Å². The number of aryl methyl sites for hydroxylation is 1. The number of carbonyl (C=O) groups excluding carboxylic acids is 1. The predicted molar refractivity (Wildman–Crippen MR) is 95.1 cm³/mol. The van der Waals surface area contributed by atoms with Crippen molar-refractivity contribution in [2.45, 2.75) is 58.1 Å². The Morgan fingerprint density at radius 2 is 1.75 bits per heavy atom. The van der Waals surface area contributed by atoms with Crippen LogP contribution in [0, 0.1) is 12.8 Å². The van der Waals surface area contributed by atoms with E-state index in [-0.39, 0.29) is 10.8 Å². The molecule has 1 aromatic carbocycles. The maximum atomic E-state index is 12.6. The summed E-state index contributed by atoms with van der Waals surface area (Å²) in [7, 11) is -3.82. The van der Waals surface area contributed by atoms with E-state index in [2.05, 4.69) is 4.72 Å². The molecule has 6 heteroatoms. The summed E-state index contributed by atoms with van der Waals surface area (Å²) in [5.41, 5.74) is 0.264. The van der Waals surface area contributed by atoms with Gasteiger partial charge in [-0.3, -0.25) is 4.79 Å². The molecule has 5 nitrogen and oxygen atoms in total. The van der Waals surface area contributed by atoms with Crippen molar-refractivity contribution < 1.29 is 17.9 Å². The molecule has 24 heavy (non-hydrogen) atoms. The van der Waals surface area contributed by atoms with Crippen LogP contribution < -0.4 is 4.72 Å². The Kier molecular flexibility index (Phi) is 6.75. The number of hydrogen-bond acceptors (Lipinski definition) is 4. The van der Waals surface area contributed by atoms with E-state index in [1.54, 1.807) is 52.0 Å². The fraction of sp³-hybridized carbons (Fsp3) is 0.500. The van der Waals surface area contributed by atoms with Gasteiger partial charge in [0.25, 0.3) is 0 Å². The first-order chi connectivity index (χ1) is 11.0. The lowest BCUT2D eigenvalue weighted by Gasteiger charge is -2.26. The van der Waals surface area contributed by atoms with Gasteiger partial charge in [0.1, 0.15) is 11.6 Å². The third-order valence-electron chi connectivity index (χ3n) is 3.30. The molecule has 1 aromatic rings. The molecular formula is C18H27NO4S. The zero-order valence-electron chi connectivity index (χ0n) is 15.2. The maximum absolute atomic E-state index is 12.6. The van der Waals surface area contributed by atoms with Gasteiger partial charge in [-0.05, 0) is 46.8 Å². The van der Waals surface area contributed by atoms with Crippen molar-refractivity contribution in [3.8, 4) is 0 Å². The van der Waals surface area contributed by atoms with Gasteiger partial charge < -0.3 is 4.74 Å². The molecule has 134 valence electrons. The highest BCUT2D eigenvalue weighted by molar-refractivity contribution is 7.89. The third-order valence-corrected chi connectivity index (χ3v) is 4.75. The van der Waals surface area contributed by atoms with Gasteiger partial charge in [0.05, 0.1) is 4.90 Å². The molecule has 2 atom stereocenters. The number of esters is 1. The maximum Gasteiger partial charge on any atom is 0.325 e. The van der Waals surface area contributed by atoms with Gasteiger partial charge in [-0.1, -0.05) is 36.8 Å². The number of allylic oxidation sites excluding steroid dienone is 1. The van der Waals surface area contributed by atoms with Crippen molar-refractivity contribution in [1.29, 1.82) is 0 Å². The zero-order valence-corrected chi connectivity index (χ0v) is 16.0. The number of nitrogens with one attached hydrogen (secondary N) is 1. The summed E-state index contributed by atoms with van der Waals surface area (Å²) in [6.45, 7) is 10.7. The number of sulfonamides is 1. The first-order valence-corrected chi connectivity index (χ1v) is 9.39. The number of ether oxygens (including phenoxy) is 1. The second-order valence-electron chi connectivity index (χ2n) is 6.83. The van der Waals surface area contributed by atoms with Crippen molar-refractivity contribution in [1.82, 2.24) is 4.72 Å². The highest BCUT2D eigenvalue weighted by atomic mass is 32.2. The fourth-order valence-corrected chi connectivity index (χ4v) is 3.38. The third kappa shape index (κ3) is 6.09. The van der Waals surface area contributed by atoms with Crippen LogP contribution in [0.1, 0.15) is 40.2 Å². The molecule has 0 saturated carbocycles. The van der Waals surface area contributed by atoms with Crippen molar-refractivity contribution >= 4 is 16.0 Å². The van der Waals surface area contributed by atoms with Crippen molar-refractivity contribution in [3.05, 3.63) is 42.0 Å². The monoisotopic (exact) mass is 353 g/mol. The molecule has 0 radical (unpaired) electrons. The van der Waals surface area contributed by atoms with Gasteiger partial charge in [-0.2, -0.15) is 4.72 Å². The minimum atomic E-state index is -3.82. The predicted octanol–water partition coefficient (Wildman–Crippen LogP) is 3.20. The summed E-state index contributed by atoms with van der Waals surface area (Å²) in [6, 6.07) is 5.47. The fourth-order valence-electron chi connectivity index (χ4n) is 2.10. The zero-order chi connectivity index (χ0) is 18.5. The van der Waals surface area contributed by atoms with Gasteiger partial charge in [0.2, 0.25) is 10.0 Å². The van der Waals surface area contributed by atoms with Gasteiger partial charge in [-0.15, -0.1) is 0 Å². The highest BCUT2D eigenvalue weighted by Gasteiger charge is 2.32. The molecule has 0 bridgehead atoms. The number of rotatable bonds is 6. The van der Waals surface area contributed by atoms with E-state index in [1.165, 1.54) is 12.1 Å². The molecule has 0 amide bonds. The number of carbonyl (C=O) groups is 1. The average molecular weight is 353 g/mol. The Morgan fingerprint density at radius 3 is 2.21 bits per heavy atom. The molecule has 0 unspecified atom stereocenters. The minimum Gasteiger partial charge on any atom is -0.459 e. The molecule has 0 heterocycles. The van der Waals surface area contributed by atoms with Crippen LogP contribution in [-0.2, 0) is 19.6 Å². The smallest absolute Gasteiger partial charge is 0.325 e. The quantitative estimate of drug-likeness (QED) is 0.630. The van der Waals surface area contributed by atoms with Gasteiger partial charge in [0, 0.05) is 5.92 Å². The van der Waals surface area contributed by atoms with Crippen molar-refractivity contribution in [2.24, 2.45) is 5.92 Å². The second-order valence-corrected chi connectivity index (χ2v) is 8.54. The highest BCUT2D eigenvalue weighted by Crippen LogP contribution is 2.17. The van der Waals surface area contributed by atoms with E-state index in [0.29, 0.717) is 0 Å². The topological polar surface area (TPSA) is 72.5 Å². The second kappa shape index (κ2) is 7.94. The first kappa shape index (κ1) is 20.4. The molecule has 0 saturated heterocycles. The summed E-state index contributed by atoms with van der Waals surface area (Å²) >= 11 is 0. The lowest BCUT2D eigenvalue weighted by Crippen LogP contribution is -2.47. The molecular weight excluding hydrogens is 326 g/mol. The summed E-state index contributed by atoms with van der Waals surface area (Å²) in [6.07, 6.45) is 3.55. The van der Waals surface area contributed by atoms with E-state index < -0.39 is 27.6 Å².